The molecule has 3 rings (SSSR count). The minimum atomic E-state index is -0.729. The molecule has 0 aromatic heterocycles. The number of hydrogen-bond acceptors (Lipinski definition) is 5. The highest BCUT2D eigenvalue weighted by atomic mass is 16.5. The van der Waals surface area contributed by atoms with Gasteiger partial charge in [0.1, 0.15) is 11.9 Å². The molecule has 3 amide bonds. The molecule has 0 aliphatic carbocycles. The van der Waals surface area contributed by atoms with E-state index in [1.54, 1.807) is 4.90 Å². The zero-order chi connectivity index (χ0) is 19.9. The number of unbranched alkanes of at least 4 members (excludes halogenated alkanes) is 1. The number of urea groups is 1. The minimum absolute atomic E-state index is 0.164. The van der Waals surface area contributed by atoms with Crippen LogP contribution in [0.5, 0.6) is 5.75 Å². The second-order valence-electron chi connectivity index (χ2n) is 7.26. The molecule has 0 bridgehead atoms. The summed E-state index contributed by atoms with van der Waals surface area (Å²) in [7, 11) is 0. The zero-order valence-corrected chi connectivity index (χ0v) is 15.9. The van der Waals surface area contributed by atoms with E-state index in [0.717, 1.165) is 56.8 Å². The Kier molecular flexibility index (Phi) is 6.86. The Hall–Kier alpha value is -2.61. The zero-order valence-electron chi connectivity index (χ0n) is 15.9. The second kappa shape index (κ2) is 9.54. The van der Waals surface area contributed by atoms with Crippen LogP contribution in [0.3, 0.4) is 0 Å². The number of nitrogens with one attached hydrogen (secondary N) is 1. The molecular weight excluding hydrogens is 362 g/mol. The number of carboxylic acids is 1. The maximum absolute atomic E-state index is 11.9. The summed E-state index contributed by atoms with van der Waals surface area (Å²) in [6.07, 6.45) is 4.23. The first kappa shape index (κ1) is 20.1. The molecule has 2 fully saturated rings. The number of piperidine rings is 1. The first-order valence-corrected chi connectivity index (χ1v) is 9.83. The lowest BCUT2D eigenvalue weighted by Gasteiger charge is -2.32. The first-order chi connectivity index (χ1) is 13.5. The SMILES string of the molecule is O=C(O)CCCCN1CCC(Oc2ccc(N3CCC(=O)NC3=O)cc2)CC1. The Labute approximate surface area is 164 Å². The van der Waals surface area contributed by atoms with E-state index in [0.29, 0.717) is 13.0 Å². The Morgan fingerprint density at radius 1 is 1.11 bits per heavy atom. The van der Waals surface area contributed by atoms with Crippen LogP contribution in [0.25, 0.3) is 0 Å². The molecule has 1 aromatic carbocycles. The highest BCUT2D eigenvalue weighted by Gasteiger charge is 2.24. The van der Waals surface area contributed by atoms with Gasteiger partial charge in [-0.3, -0.25) is 19.8 Å². The number of rotatable bonds is 8. The molecule has 2 heterocycles. The van der Waals surface area contributed by atoms with E-state index in [-0.39, 0.29) is 24.5 Å². The summed E-state index contributed by atoms with van der Waals surface area (Å²) in [6.45, 7) is 3.24. The van der Waals surface area contributed by atoms with Crippen molar-refractivity contribution in [1.82, 2.24) is 10.2 Å². The number of hydrogen-bond donors (Lipinski definition) is 2. The lowest BCUT2D eigenvalue weighted by molar-refractivity contribution is -0.137. The minimum Gasteiger partial charge on any atom is -0.490 e. The third-order valence-electron chi connectivity index (χ3n) is 5.15. The molecule has 0 atom stereocenters. The molecule has 8 nitrogen and oxygen atoms in total. The van der Waals surface area contributed by atoms with E-state index in [1.165, 1.54) is 0 Å². The van der Waals surface area contributed by atoms with Gasteiger partial charge in [-0.25, -0.2) is 4.79 Å². The summed E-state index contributed by atoms with van der Waals surface area (Å²) in [6, 6.07) is 7.00. The quantitative estimate of drug-likeness (QED) is 0.662. The summed E-state index contributed by atoms with van der Waals surface area (Å²) >= 11 is 0. The van der Waals surface area contributed by atoms with Crippen molar-refractivity contribution in [2.24, 2.45) is 0 Å². The molecule has 0 radical (unpaired) electrons. The average Bonchev–Trinajstić information content (AvgIpc) is 2.67. The molecule has 8 heteroatoms. The second-order valence-corrected chi connectivity index (χ2v) is 7.26. The largest absolute Gasteiger partial charge is 0.490 e. The molecule has 0 saturated carbocycles. The lowest BCUT2D eigenvalue weighted by atomic mass is 10.1. The van der Waals surface area contributed by atoms with E-state index in [2.05, 4.69) is 10.2 Å². The van der Waals surface area contributed by atoms with Gasteiger partial charge < -0.3 is 14.7 Å². The van der Waals surface area contributed by atoms with Crippen LogP contribution in [0.1, 0.15) is 38.5 Å². The van der Waals surface area contributed by atoms with Gasteiger partial charge in [0, 0.05) is 38.2 Å². The number of ether oxygens (including phenoxy) is 1. The van der Waals surface area contributed by atoms with Crippen LogP contribution in [0.2, 0.25) is 0 Å². The van der Waals surface area contributed by atoms with Crippen LogP contribution in [0, 0.1) is 0 Å². The fourth-order valence-electron chi connectivity index (χ4n) is 3.57. The van der Waals surface area contributed by atoms with Gasteiger partial charge in [-0.15, -0.1) is 0 Å². The van der Waals surface area contributed by atoms with Gasteiger partial charge in [-0.2, -0.15) is 0 Å². The van der Waals surface area contributed by atoms with Gasteiger partial charge >= 0.3 is 12.0 Å². The predicted molar refractivity (Wildman–Crippen MR) is 104 cm³/mol. The van der Waals surface area contributed by atoms with Crippen LogP contribution in [0.15, 0.2) is 24.3 Å². The molecular formula is C20H27N3O5. The lowest BCUT2D eigenvalue weighted by Crippen LogP contribution is -2.49. The maximum atomic E-state index is 11.9. The number of anilines is 1. The third kappa shape index (κ3) is 5.69. The Morgan fingerprint density at radius 2 is 1.82 bits per heavy atom. The number of nitrogens with zero attached hydrogens (tertiary/aromatic N) is 2. The summed E-state index contributed by atoms with van der Waals surface area (Å²) < 4.78 is 6.07. The summed E-state index contributed by atoms with van der Waals surface area (Å²) in [5, 5.41) is 11.0. The van der Waals surface area contributed by atoms with Crippen molar-refractivity contribution in [3.8, 4) is 5.75 Å². The molecule has 2 aliphatic rings. The van der Waals surface area contributed by atoms with E-state index in [4.69, 9.17) is 9.84 Å². The van der Waals surface area contributed by atoms with Gasteiger partial charge in [0.05, 0.1) is 0 Å². The number of aliphatic carboxylic acids is 1. The highest BCUT2D eigenvalue weighted by Crippen LogP contribution is 2.24. The molecule has 1 aromatic rings. The monoisotopic (exact) mass is 389 g/mol. The van der Waals surface area contributed by atoms with Gasteiger partial charge in [0.15, 0.2) is 0 Å². The topological polar surface area (TPSA) is 99.2 Å². The average molecular weight is 389 g/mol. The number of likely N-dealkylation sites (tertiary alicyclic amines) is 1. The Morgan fingerprint density at radius 3 is 2.46 bits per heavy atom. The number of carboxylic acid groups (broad SMARTS) is 1. The highest BCUT2D eigenvalue weighted by molar-refractivity contribution is 6.05. The Bertz CT molecular complexity index is 698. The fraction of sp³-hybridized carbons (Fsp3) is 0.550. The Balaban J connectivity index is 1.41. The summed E-state index contributed by atoms with van der Waals surface area (Å²) in [5.74, 6) is -0.195. The molecule has 0 unspecified atom stereocenters. The van der Waals surface area contributed by atoms with Crippen molar-refractivity contribution in [3.05, 3.63) is 24.3 Å². The number of benzene rings is 1. The number of imide groups is 1. The van der Waals surface area contributed by atoms with Crippen molar-refractivity contribution in [2.45, 2.75) is 44.6 Å². The standard InChI is InChI=1S/C20H27N3O5/c24-18-10-14-23(20(27)21-18)15-4-6-16(7-5-15)28-17-8-12-22(13-9-17)11-2-1-3-19(25)26/h4-7,17H,1-3,8-14H2,(H,25,26)(H,21,24,27). The summed E-state index contributed by atoms with van der Waals surface area (Å²) in [4.78, 5) is 37.6. The van der Waals surface area contributed by atoms with Crippen LogP contribution in [-0.4, -0.2) is 60.2 Å². The fourth-order valence-corrected chi connectivity index (χ4v) is 3.57. The maximum Gasteiger partial charge on any atom is 0.328 e. The smallest absolute Gasteiger partial charge is 0.328 e. The van der Waals surface area contributed by atoms with E-state index >= 15 is 0 Å². The van der Waals surface area contributed by atoms with Crippen molar-refractivity contribution in [3.63, 3.8) is 0 Å². The van der Waals surface area contributed by atoms with Gasteiger partial charge in [-0.05, 0) is 56.5 Å². The van der Waals surface area contributed by atoms with Gasteiger partial charge in [-0.1, -0.05) is 0 Å². The van der Waals surface area contributed by atoms with E-state index < -0.39 is 5.97 Å². The molecule has 152 valence electrons. The number of carbonyl (C=O) groups excluding carboxylic acids is 2. The van der Waals surface area contributed by atoms with Crippen LogP contribution >= 0.6 is 0 Å². The predicted octanol–water partition coefficient (Wildman–Crippen LogP) is 2.23. The molecule has 2 aliphatic heterocycles. The van der Waals surface area contributed by atoms with Gasteiger partial charge in [0.2, 0.25) is 5.91 Å². The van der Waals surface area contributed by atoms with Crippen molar-refractivity contribution >= 4 is 23.6 Å². The van der Waals surface area contributed by atoms with Crippen LogP contribution in [0.4, 0.5) is 10.5 Å². The first-order valence-electron chi connectivity index (χ1n) is 9.83. The summed E-state index contributed by atoms with van der Waals surface area (Å²) in [5.41, 5.74) is 0.744. The normalized spacial score (nSPS) is 18.8. The van der Waals surface area contributed by atoms with E-state index in [1.807, 2.05) is 24.3 Å². The van der Waals surface area contributed by atoms with Crippen LogP contribution < -0.4 is 15.0 Å². The van der Waals surface area contributed by atoms with Crippen molar-refractivity contribution in [2.75, 3.05) is 31.1 Å². The van der Waals surface area contributed by atoms with Crippen molar-refractivity contribution < 1.29 is 24.2 Å². The number of carbonyl (C=O) groups is 3. The molecule has 2 N–H and O–H groups in total. The van der Waals surface area contributed by atoms with Gasteiger partial charge in [0.25, 0.3) is 0 Å². The molecule has 0 spiro atoms. The van der Waals surface area contributed by atoms with E-state index in [9.17, 15) is 14.4 Å². The third-order valence-corrected chi connectivity index (χ3v) is 5.15. The van der Waals surface area contributed by atoms with Crippen LogP contribution in [-0.2, 0) is 9.59 Å². The molecule has 28 heavy (non-hydrogen) atoms. The molecule has 2 saturated heterocycles. The number of amides is 3. The van der Waals surface area contributed by atoms with Crippen molar-refractivity contribution in [1.29, 1.82) is 0 Å².